The molecule has 0 spiro atoms. The third-order valence-electron chi connectivity index (χ3n) is 2.99. The van der Waals surface area contributed by atoms with Crippen LogP contribution in [0.3, 0.4) is 0 Å². The summed E-state index contributed by atoms with van der Waals surface area (Å²) in [7, 11) is 0. The highest BCUT2D eigenvalue weighted by molar-refractivity contribution is 7.99. The molecule has 0 unspecified atom stereocenters. The lowest BCUT2D eigenvalue weighted by Crippen LogP contribution is -2.40. The van der Waals surface area contributed by atoms with E-state index < -0.39 is 22.8 Å². The van der Waals surface area contributed by atoms with Crippen molar-refractivity contribution in [2.24, 2.45) is 0 Å². The van der Waals surface area contributed by atoms with Gasteiger partial charge in [0.05, 0.1) is 16.4 Å². The van der Waals surface area contributed by atoms with Gasteiger partial charge in [-0.15, -0.1) is 11.8 Å². The lowest BCUT2D eigenvalue weighted by Gasteiger charge is -2.18. The average Bonchev–Trinajstić information content (AvgIpc) is 2.94. The van der Waals surface area contributed by atoms with Gasteiger partial charge in [-0.2, -0.15) is 0 Å². The predicted molar refractivity (Wildman–Crippen MR) is 77.7 cm³/mol. The van der Waals surface area contributed by atoms with Gasteiger partial charge in [0.1, 0.15) is 6.04 Å². The number of hydrogen-bond donors (Lipinski definition) is 1. The van der Waals surface area contributed by atoms with Crippen molar-refractivity contribution < 1.29 is 19.6 Å². The number of carbonyl (C=O) groups is 2. The van der Waals surface area contributed by atoms with Crippen LogP contribution in [0.2, 0.25) is 0 Å². The zero-order valence-corrected chi connectivity index (χ0v) is 11.7. The topological polar surface area (TPSA) is 101 Å². The lowest BCUT2D eigenvalue weighted by molar-refractivity contribution is -0.385. The highest BCUT2D eigenvalue weighted by atomic mass is 32.2. The molecule has 2 rings (SSSR count). The summed E-state index contributed by atoms with van der Waals surface area (Å²) in [4.78, 5) is 34.6. The minimum atomic E-state index is -1.05. The molecule has 21 heavy (non-hydrogen) atoms. The quantitative estimate of drug-likeness (QED) is 0.515. The number of benzene rings is 1. The fraction of sp³-hybridized carbons (Fsp3) is 0.231. The van der Waals surface area contributed by atoms with E-state index in [0.717, 1.165) is 0 Å². The molecule has 1 amide bonds. The number of nitrogens with zero attached hydrogens (tertiary/aromatic N) is 2. The Hall–Kier alpha value is -2.35. The van der Waals surface area contributed by atoms with Crippen LogP contribution in [0.15, 0.2) is 30.3 Å². The molecule has 7 nitrogen and oxygen atoms in total. The van der Waals surface area contributed by atoms with Crippen LogP contribution < -0.4 is 0 Å². The molecule has 1 aromatic rings. The first kappa shape index (κ1) is 15.0. The van der Waals surface area contributed by atoms with E-state index in [0.29, 0.717) is 17.2 Å². The van der Waals surface area contributed by atoms with Gasteiger partial charge in [0, 0.05) is 17.9 Å². The maximum atomic E-state index is 12.0. The van der Waals surface area contributed by atoms with E-state index in [-0.39, 0.29) is 5.69 Å². The molecular formula is C13H12N2O5S. The first-order valence-corrected chi connectivity index (χ1v) is 7.19. The van der Waals surface area contributed by atoms with Crippen molar-refractivity contribution in [3.05, 3.63) is 46.0 Å². The van der Waals surface area contributed by atoms with Crippen LogP contribution in [-0.4, -0.2) is 44.5 Å². The number of amides is 1. The molecule has 0 radical (unpaired) electrons. The van der Waals surface area contributed by atoms with Gasteiger partial charge >= 0.3 is 5.97 Å². The third-order valence-corrected chi connectivity index (χ3v) is 4.00. The second-order valence-corrected chi connectivity index (χ2v) is 5.31. The van der Waals surface area contributed by atoms with Crippen LogP contribution in [0.25, 0.3) is 6.08 Å². The average molecular weight is 308 g/mol. The molecule has 0 saturated carbocycles. The van der Waals surface area contributed by atoms with Crippen molar-refractivity contribution in [2.75, 3.05) is 11.6 Å². The van der Waals surface area contributed by atoms with E-state index in [1.165, 1.54) is 47.0 Å². The summed E-state index contributed by atoms with van der Waals surface area (Å²) in [5.74, 6) is -0.866. The smallest absolute Gasteiger partial charge is 0.327 e. The van der Waals surface area contributed by atoms with E-state index in [1.54, 1.807) is 6.07 Å². The van der Waals surface area contributed by atoms with E-state index in [1.807, 2.05) is 0 Å². The van der Waals surface area contributed by atoms with Crippen molar-refractivity contribution in [3.63, 3.8) is 0 Å². The molecule has 1 saturated heterocycles. The largest absolute Gasteiger partial charge is 0.480 e. The molecule has 1 N–H and O–H groups in total. The van der Waals surface area contributed by atoms with Gasteiger partial charge in [-0.05, 0) is 12.1 Å². The summed E-state index contributed by atoms with van der Waals surface area (Å²) >= 11 is 1.36. The van der Waals surface area contributed by atoms with Gasteiger partial charge in [-0.25, -0.2) is 4.79 Å². The third kappa shape index (κ3) is 3.40. The van der Waals surface area contributed by atoms with Crippen molar-refractivity contribution in [2.45, 2.75) is 6.04 Å². The normalized spacial score (nSPS) is 18.1. The van der Waals surface area contributed by atoms with Gasteiger partial charge in [-0.3, -0.25) is 14.9 Å². The minimum Gasteiger partial charge on any atom is -0.480 e. The second kappa shape index (κ2) is 6.40. The molecular weight excluding hydrogens is 296 g/mol. The minimum absolute atomic E-state index is 0.105. The number of aliphatic carboxylic acids is 1. The Bertz CT molecular complexity index is 616. The van der Waals surface area contributed by atoms with Gasteiger partial charge in [0.15, 0.2) is 0 Å². The van der Waals surface area contributed by atoms with Crippen LogP contribution in [0.5, 0.6) is 0 Å². The Labute approximate surface area is 124 Å². The second-order valence-electron chi connectivity index (χ2n) is 4.31. The first-order valence-electron chi connectivity index (χ1n) is 6.03. The molecule has 0 aromatic heterocycles. The molecule has 110 valence electrons. The standard InChI is InChI=1S/C13H12N2O5S/c16-12(14-8-21-7-11(14)13(17)18)6-5-9-3-1-2-4-10(9)15(19)20/h1-6,11H,7-8H2,(H,17,18)/b6-5+/t11-/m0/s1. The van der Waals surface area contributed by atoms with Gasteiger partial charge < -0.3 is 10.0 Å². The summed E-state index contributed by atoms with van der Waals surface area (Å²) in [5, 5.41) is 19.9. The van der Waals surface area contributed by atoms with Crippen LogP contribution >= 0.6 is 11.8 Å². The van der Waals surface area contributed by atoms with Crippen molar-refractivity contribution >= 4 is 35.4 Å². The molecule has 0 aliphatic carbocycles. The molecule has 1 fully saturated rings. The SMILES string of the molecule is O=C(O)[C@@H]1CSCN1C(=O)/C=C/c1ccccc1[N+](=O)[O-]. The zero-order chi connectivity index (χ0) is 15.4. The van der Waals surface area contributed by atoms with Crippen LogP contribution in [-0.2, 0) is 9.59 Å². The number of carboxylic acids is 1. The Morgan fingerprint density at radius 1 is 1.43 bits per heavy atom. The van der Waals surface area contributed by atoms with E-state index in [9.17, 15) is 19.7 Å². The predicted octanol–water partition coefficient (Wildman–Crippen LogP) is 1.59. The number of thioether (sulfide) groups is 1. The molecule has 1 heterocycles. The summed E-state index contributed by atoms with van der Waals surface area (Å²) in [6.45, 7) is 0. The zero-order valence-electron chi connectivity index (χ0n) is 10.8. The van der Waals surface area contributed by atoms with Gasteiger partial charge in [-0.1, -0.05) is 12.1 Å². The number of carboxylic acid groups (broad SMARTS) is 1. The fourth-order valence-corrected chi connectivity index (χ4v) is 3.07. The van der Waals surface area contributed by atoms with E-state index in [2.05, 4.69) is 0 Å². The molecule has 1 aromatic carbocycles. The Kier molecular flexibility index (Phi) is 4.59. The lowest BCUT2D eigenvalue weighted by atomic mass is 10.1. The maximum Gasteiger partial charge on any atom is 0.327 e. The van der Waals surface area contributed by atoms with Gasteiger partial charge in [0.2, 0.25) is 5.91 Å². The van der Waals surface area contributed by atoms with Crippen LogP contribution in [0.4, 0.5) is 5.69 Å². The highest BCUT2D eigenvalue weighted by Gasteiger charge is 2.33. The Balaban J connectivity index is 2.16. The summed E-state index contributed by atoms with van der Waals surface area (Å²) in [5.41, 5.74) is 0.196. The maximum absolute atomic E-state index is 12.0. The van der Waals surface area contributed by atoms with Crippen LogP contribution in [0, 0.1) is 10.1 Å². The number of carbonyl (C=O) groups excluding carboxylic acids is 1. The van der Waals surface area contributed by atoms with E-state index >= 15 is 0 Å². The summed E-state index contributed by atoms with van der Waals surface area (Å²) in [6, 6.07) is 5.18. The van der Waals surface area contributed by atoms with Crippen LogP contribution in [0.1, 0.15) is 5.56 Å². The number of hydrogen-bond acceptors (Lipinski definition) is 5. The highest BCUT2D eigenvalue weighted by Crippen LogP contribution is 2.23. The molecule has 1 aliphatic heterocycles. The number of nitro groups is 1. The number of para-hydroxylation sites is 1. The summed E-state index contributed by atoms with van der Waals surface area (Å²) in [6.07, 6.45) is 2.51. The molecule has 0 bridgehead atoms. The fourth-order valence-electron chi connectivity index (χ4n) is 1.92. The van der Waals surface area contributed by atoms with Crippen molar-refractivity contribution in [1.29, 1.82) is 0 Å². The van der Waals surface area contributed by atoms with E-state index in [4.69, 9.17) is 5.11 Å². The molecule has 1 atom stereocenters. The monoisotopic (exact) mass is 308 g/mol. The Morgan fingerprint density at radius 3 is 2.81 bits per heavy atom. The van der Waals surface area contributed by atoms with Gasteiger partial charge in [0.25, 0.3) is 5.69 Å². The first-order chi connectivity index (χ1) is 10.0. The number of rotatable bonds is 4. The molecule has 1 aliphatic rings. The Morgan fingerprint density at radius 2 is 2.14 bits per heavy atom. The van der Waals surface area contributed by atoms with Crippen molar-refractivity contribution in [3.8, 4) is 0 Å². The number of nitro benzene ring substituents is 1. The van der Waals surface area contributed by atoms with Crippen molar-refractivity contribution in [1.82, 2.24) is 4.90 Å². The summed E-state index contributed by atoms with van der Waals surface area (Å²) < 4.78 is 0. The molecule has 8 heteroatoms.